The lowest BCUT2D eigenvalue weighted by Gasteiger charge is -2.19. The first-order chi connectivity index (χ1) is 23.4. The van der Waals surface area contributed by atoms with Crippen molar-refractivity contribution in [3.05, 3.63) is 130 Å². The van der Waals surface area contributed by atoms with Crippen LogP contribution in [0.15, 0.2) is 96.1 Å². The van der Waals surface area contributed by atoms with Gasteiger partial charge in [0.1, 0.15) is 41.6 Å². The number of methoxy groups -OCH3 is 1. The molecule has 3 heterocycles. The minimum atomic E-state index is -0.765. The van der Waals surface area contributed by atoms with Crippen molar-refractivity contribution in [2.24, 2.45) is 0 Å². The second-order valence-corrected chi connectivity index (χ2v) is 11.2. The zero-order chi connectivity index (χ0) is 33.2. The lowest BCUT2D eigenvalue weighted by Crippen LogP contribution is -2.26. The third kappa shape index (κ3) is 5.95. The van der Waals surface area contributed by atoms with Gasteiger partial charge in [-0.1, -0.05) is 30.3 Å². The van der Waals surface area contributed by atoms with Crippen LogP contribution in [0.5, 0.6) is 23.1 Å². The number of aromatic nitrogens is 4. The monoisotopic (exact) mass is 649 g/mol. The minimum Gasteiger partial charge on any atom is -0.493 e. The van der Waals surface area contributed by atoms with E-state index in [2.05, 4.69) is 15.3 Å². The molecule has 1 N–H and O–H groups in total. The number of hydrogen-bond donors (Lipinski definition) is 1. The third-order valence-corrected chi connectivity index (χ3v) is 8.09. The molecule has 4 aromatic carbocycles. The maximum absolute atomic E-state index is 14.7. The van der Waals surface area contributed by atoms with Crippen molar-refractivity contribution in [3.8, 4) is 28.8 Å². The highest BCUT2D eigenvalue weighted by molar-refractivity contribution is 6.05. The van der Waals surface area contributed by atoms with E-state index in [1.807, 2.05) is 30.3 Å². The number of anilines is 1. The van der Waals surface area contributed by atoms with Crippen molar-refractivity contribution in [2.75, 3.05) is 12.4 Å². The van der Waals surface area contributed by atoms with E-state index in [4.69, 9.17) is 14.2 Å². The second-order valence-electron chi connectivity index (χ2n) is 11.2. The van der Waals surface area contributed by atoms with E-state index in [0.29, 0.717) is 59.1 Å². The average Bonchev–Trinajstić information content (AvgIpc) is 3.40. The topological polar surface area (TPSA) is 110 Å². The van der Waals surface area contributed by atoms with Gasteiger partial charge in [0, 0.05) is 24.4 Å². The lowest BCUT2D eigenvalue weighted by molar-refractivity contribution is 0.102. The molecular formula is C36H29F2N5O5. The van der Waals surface area contributed by atoms with Crippen LogP contribution in [0.2, 0.25) is 0 Å². The summed E-state index contributed by atoms with van der Waals surface area (Å²) in [4.78, 5) is 35.7. The highest BCUT2D eigenvalue weighted by Gasteiger charge is 2.29. The number of nitrogens with zero attached hydrogens (tertiary/aromatic N) is 4. The van der Waals surface area contributed by atoms with Gasteiger partial charge in [-0.25, -0.2) is 23.4 Å². The maximum atomic E-state index is 14.7. The smallest absolute Gasteiger partial charge is 0.284 e. The summed E-state index contributed by atoms with van der Waals surface area (Å²) in [5.74, 6) is -0.367. The fourth-order valence-electron chi connectivity index (χ4n) is 5.79. The molecule has 0 unspecified atom stereocenters. The van der Waals surface area contributed by atoms with Gasteiger partial charge >= 0.3 is 0 Å². The predicted octanol–water partition coefficient (Wildman–Crippen LogP) is 6.83. The number of fused-ring (bicyclic) bond motifs is 2. The molecule has 7 rings (SSSR count). The Balaban J connectivity index is 1.11. The van der Waals surface area contributed by atoms with E-state index >= 15 is 0 Å². The highest BCUT2D eigenvalue weighted by atomic mass is 19.1. The van der Waals surface area contributed by atoms with Crippen molar-refractivity contribution in [2.45, 2.75) is 32.4 Å². The molecule has 0 spiro atoms. The molecule has 1 aliphatic rings. The molecule has 2 aromatic heterocycles. The summed E-state index contributed by atoms with van der Waals surface area (Å²) >= 11 is 0. The van der Waals surface area contributed by atoms with E-state index in [0.717, 1.165) is 41.3 Å². The first kappa shape index (κ1) is 30.6. The number of benzene rings is 4. The second kappa shape index (κ2) is 13.0. The van der Waals surface area contributed by atoms with Crippen LogP contribution in [-0.4, -0.2) is 32.3 Å². The number of carbonyl (C=O) groups is 1. The molecule has 0 fully saturated rings. The van der Waals surface area contributed by atoms with Crippen molar-refractivity contribution < 1.29 is 27.8 Å². The molecule has 6 aromatic rings. The van der Waals surface area contributed by atoms with E-state index < -0.39 is 23.1 Å². The summed E-state index contributed by atoms with van der Waals surface area (Å²) < 4.78 is 49.0. The minimum absolute atomic E-state index is 0.104. The van der Waals surface area contributed by atoms with Gasteiger partial charge in [-0.2, -0.15) is 0 Å². The van der Waals surface area contributed by atoms with Gasteiger partial charge < -0.3 is 19.5 Å². The summed E-state index contributed by atoms with van der Waals surface area (Å²) in [6, 6.07) is 22.7. The summed E-state index contributed by atoms with van der Waals surface area (Å²) in [5, 5.41) is 3.36. The van der Waals surface area contributed by atoms with Gasteiger partial charge in [-0.15, -0.1) is 0 Å². The van der Waals surface area contributed by atoms with Crippen LogP contribution >= 0.6 is 0 Å². The Kier molecular flexibility index (Phi) is 8.28. The summed E-state index contributed by atoms with van der Waals surface area (Å²) in [5.41, 5.74) is 1.42. The molecule has 1 amide bonds. The molecule has 48 heavy (non-hydrogen) atoms. The molecule has 0 saturated heterocycles. The highest BCUT2D eigenvalue weighted by Crippen LogP contribution is 2.36. The van der Waals surface area contributed by atoms with Crippen LogP contribution in [0.25, 0.3) is 16.6 Å². The number of hydrogen-bond acceptors (Lipinski definition) is 7. The molecule has 12 heteroatoms. The van der Waals surface area contributed by atoms with Gasteiger partial charge in [-0.3, -0.25) is 14.3 Å². The quantitative estimate of drug-likeness (QED) is 0.183. The molecule has 0 atom stereocenters. The van der Waals surface area contributed by atoms with Gasteiger partial charge in [-0.05, 0) is 67.3 Å². The SMILES string of the molecule is COc1cc2c(Oc3ccc(NC(=O)c4c5n(n(-c6cc(F)ccc6F)c4=O)CCCC5)cc3)ncnc2cc1OCc1ccccc1. The largest absolute Gasteiger partial charge is 0.493 e. The normalized spacial score (nSPS) is 12.4. The van der Waals surface area contributed by atoms with Gasteiger partial charge in [0.25, 0.3) is 11.5 Å². The zero-order valence-corrected chi connectivity index (χ0v) is 25.8. The predicted molar refractivity (Wildman–Crippen MR) is 174 cm³/mol. The maximum Gasteiger partial charge on any atom is 0.284 e. The van der Waals surface area contributed by atoms with Crippen LogP contribution in [-0.2, 0) is 19.6 Å². The van der Waals surface area contributed by atoms with Crippen LogP contribution < -0.4 is 25.1 Å². The summed E-state index contributed by atoms with van der Waals surface area (Å²) in [7, 11) is 1.55. The van der Waals surface area contributed by atoms with Crippen molar-refractivity contribution in [1.82, 2.24) is 19.3 Å². The Bertz CT molecular complexity index is 2200. The fraction of sp³-hybridized carbons (Fsp3) is 0.167. The molecule has 0 radical (unpaired) electrons. The van der Waals surface area contributed by atoms with Gasteiger partial charge in [0.05, 0.1) is 23.7 Å². The first-order valence-electron chi connectivity index (χ1n) is 15.3. The molecule has 10 nitrogen and oxygen atoms in total. The number of amides is 1. The van der Waals surface area contributed by atoms with Crippen LogP contribution in [0.4, 0.5) is 14.5 Å². The standard InChI is InChI=1S/C36H29F2N5O5/c1-46-31-18-26-28(19-32(31)47-20-22-7-3-2-4-8-22)39-21-40-35(26)48-25-13-11-24(12-14-25)41-34(44)33-29-9-5-6-16-42(29)43(36(33)45)30-17-23(37)10-15-27(30)38/h2-4,7-8,10-15,17-19,21H,5-6,9,16,20H2,1H3,(H,41,44). The van der Waals surface area contributed by atoms with Crippen LogP contribution in [0.3, 0.4) is 0 Å². The Morgan fingerprint density at radius 3 is 2.54 bits per heavy atom. The Labute approximate surface area is 273 Å². The molecule has 1 aliphatic heterocycles. The number of nitrogens with one attached hydrogen (secondary N) is 1. The van der Waals surface area contributed by atoms with E-state index in [-0.39, 0.29) is 17.1 Å². The number of halogens is 2. The number of rotatable bonds is 9. The van der Waals surface area contributed by atoms with E-state index in [1.165, 1.54) is 6.33 Å². The van der Waals surface area contributed by atoms with Crippen LogP contribution in [0, 0.1) is 11.6 Å². The Hall–Kier alpha value is -6.04. The lowest BCUT2D eigenvalue weighted by atomic mass is 10.1. The van der Waals surface area contributed by atoms with Crippen LogP contribution in [0.1, 0.15) is 34.5 Å². The van der Waals surface area contributed by atoms with E-state index in [9.17, 15) is 18.4 Å². The van der Waals surface area contributed by atoms with Crippen molar-refractivity contribution in [3.63, 3.8) is 0 Å². The molecule has 242 valence electrons. The molecule has 0 aliphatic carbocycles. The van der Waals surface area contributed by atoms with Crippen molar-refractivity contribution >= 4 is 22.5 Å². The van der Waals surface area contributed by atoms with Crippen molar-refractivity contribution in [1.29, 1.82) is 0 Å². The van der Waals surface area contributed by atoms with Gasteiger partial charge in [0.15, 0.2) is 11.5 Å². The Morgan fingerprint density at radius 1 is 0.938 bits per heavy atom. The van der Waals surface area contributed by atoms with E-state index in [1.54, 1.807) is 48.2 Å². The van der Waals surface area contributed by atoms with Gasteiger partial charge in [0.2, 0.25) is 5.88 Å². The first-order valence-corrected chi connectivity index (χ1v) is 15.3. The summed E-state index contributed by atoms with van der Waals surface area (Å²) in [6.07, 6.45) is 3.33. The molecular weight excluding hydrogens is 620 g/mol. The summed E-state index contributed by atoms with van der Waals surface area (Å²) in [6.45, 7) is 0.750. The Morgan fingerprint density at radius 2 is 1.75 bits per heavy atom. The number of ether oxygens (including phenoxy) is 3. The fourth-order valence-corrected chi connectivity index (χ4v) is 5.79. The molecule has 0 saturated carbocycles. The third-order valence-electron chi connectivity index (χ3n) is 8.09. The molecule has 0 bridgehead atoms. The number of carbonyl (C=O) groups excluding carboxylic acids is 1. The zero-order valence-electron chi connectivity index (χ0n) is 25.8. The average molecular weight is 650 g/mol.